The van der Waals surface area contributed by atoms with Crippen LogP contribution in [0.2, 0.25) is 0 Å². The molecule has 1 atom stereocenters. The minimum atomic E-state index is -0.579. The summed E-state index contributed by atoms with van der Waals surface area (Å²) in [6.45, 7) is 2.49. The Morgan fingerprint density at radius 2 is 1.96 bits per heavy atom. The average molecular weight is 423 g/mol. The Kier molecular flexibility index (Phi) is 4.94. The summed E-state index contributed by atoms with van der Waals surface area (Å²) in [5, 5.41) is 9.34. The van der Waals surface area contributed by atoms with Crippen molar-refractivity contribution in [2.45, 2.75) is 26.0 Å². The monoisotopic (exact) mass is 422 g/mol. The number of aryl methyl sites for hydroxylation is 1. The molecule has 5 heteroatoms. The molecule has 4 rings (SSSR count). The molecule has 0 saturated carbocycles. The summed E-state index contributed by atoms with van der Waals surface area (Å²) in [5.41, 5.74) is 4.03. The number of hydrogen-bond acceptors (Lipinski definition) is 3. The first-order valence-electron chi connectivity index (χ1n) is 8.85. The number of amides is 1. The largest absolute Gasteiger partial charge is 0.382 e. The third-order valence-electron chi connectivity index (χ3n) is 4.68. The fourth-order valence-electron chi connectivity index (χ4n) is 3.16. The molecule has 1 aliphatic rings. The molecule has 1 unspecified atom stereocenters. The van der Waals surface area contributed by atoms with Gasteiger partial charge in [0.2, 0.25) is 6.10 Å². The Labute approximate surface area is 166 Å². The second-order valence-electron chi connectivity index (χ2n) is 6.72. The molecule has 27 heavy (non-hydrogen) atoms. The van der Waals surface area contributed by atoms with Gasteiger partial charge in [0.15, 0.2) is 0 Å². The van der Waals surface area contributed by atoms with Crippen molar-refractivity contribution < 1.29 is 9.63 Å². The van der Waals surface area contributed by atoms with Gasteiger partial charge in [-0.05, 0) is 41.0 Å². The summed E-state index contributed by atoms with van der Waals surface area (Å²) >= 11 is 3.60. The molecular weight excluding hydrogens is 404 g/mol. The van der Waals surface area contributed by atoms with Gasteiger partial charge in [0, 0.05) is 17.4 Å². The average Bonchev–Trinajstić information content (AvgIpc) is 3.17. The zero-order valence-electron chi connectivity index (χ0n) is 14.9. The first-order valence-corrected chi connectivity index (χ1v) is 9.64. The Balaban J connectivity index is 1.38. The predicted molar refractivity (Wildman–Crippen MR) is 111 cm³/mol. The highest BCUT2D eigenvalue weighted by molar-refractivity contribution is 9.10. The van der Waals surface area contributed by atoms with E-state index in [2.05, 4.69) is 44.6 Å². The number of benzene rings is 3. The van der Waals surface area contributed by atoms with Crippen molar-refractivity contribution in [2.24, 2.45) is 5.16 Å². The topological polar surface area (TPSA) is 50.7 Å². The van der Waals surface area contributed by atoms with Crippen LogP contribution in [0.3, 0.4) is 0 Å². The van der Waals surface area contributed by atoms with Gasteiger partial charge in [-0.15, -0.1) is 0 Å². The van der Waals surface area contributed by atoms with Crippen LogP contribution >= 0.6 is 15.9 Å². The van der Waals surface area contributed by atoms with Gasteiger partial charge < -0.3 is 10.2 Å². The van der Waals surface area contributed by atoms with Crippen LogP contribution in [-0.4, -0.2) is 17.7 Å². The van der Waals surface area contributed by atoms with Crippen molar-refractivity contribution in [1.29, 1.82) is 0 Å². The first kappa shape index (κ1) is 17.7. The lowest BCUT2D eigenvalue weighted by Crippen LogP contribution is -2.34. The molecule has 4 nitrogen and oxygen atoms in total. The molecule has 0 saturated heterocycles. The number of carbonyl (C=O) groups excluding carboxylic acids is 1. The maximum atomic E-state index is 12.5. The third-order valence-corrected chi connectivity index (χ3v) is 5.34. The van der Waals surface area contributed by atoms with Crippen molar-refractivity contribution in [1.82, 2.24) is 5.32 Å². The smallest absolute Gasteiger partial charge is 0.264 e. The lowest BCUT2D eigenvalue weighted by molar-refractivity contribution is -0.131. The Morgan fingerprint density at radius 3 is 2.78 bits per heavy atom. The summed E-state index contributed by atoms with van der Waals surface area (Å²) in [7, 11) is 0. The van der Waals surface area contributed by atoms with E-state index in [1.165, 1.54) is 5.56 Å². The van der Waals surface area contributed by atoms with E-state index < -0.39 is 6.10 Å². The first-order chi connectivity index (χ1) is 13.1. The molecule has 0 fully saturated rings. The number of hydrogen-bond donors (Lipinski definition) is 1. The lowest BCUT2D eigenvalue weighted by Gasteiger charge is -2.11. The number of rotatable bonds is 4. The fourth-order valence-corrected chi connectivity index (χ4v) is 3.82. The van der Waals surface area contributed by atoms with Crippen LogP contribution in [0.25, 0.3) is 10.8 Å². The highest BCUT2D eigenvalue weighted by Gasteiger charge is 2.28. The number of nitrogens with zero attached hydrogens (tertiary/aromatic N) is 1. The maximum Gasteiger partial charge on any atom is 0.264 e. The lowest BCUT2D eigenvalue weighted by atomic mass is 10.0. The van der Waals surface area contributed by atoms with Crippen LogP contribution in [0.1, 0.15) is 23.1 Å². The van der Waals surface area contributed by atoms with Crippen LogP contribution in [0.15, 0.2) is 70.3 Å². The highest BCUT2D eigenvalue weighted by atomic mass is 79.9. The van der Waals surface area contributed by atoms with Gasteiger partial charge in [-0.25, -0.2) is 0 Å². The van der Waals surface area contributed by atoms with Gasteiger partial charge in [-0.3, -0.25) is 4.79 Å². The summed E-state index contributed by atoms with van der Waals surface area (Å²) in [6, 6.07) is 20.3. The number of carbonyl (C=O) groups is 1. The normalized spacial score (nSPS) is 16.1. The Morgan fingerprint density at radius 1 is 1.19 bits per heavy atom. The number of fused-ring (bicyclic) bond motifs is 1. The zero-order chi connectivity index (χ0) is 18.8. The van der Waals surface area contributed by atoms with Crippen LogP contribution in [0, 0.1) is 6.92 Å². The van der Waals surface area contributed by atoms with Crippen LogP contribution < -0.4 is 5.32 Å². The summed E-state index contributed by atoms with van der Waals surface area (Å²) in [4.78, 5) is 17.8. The van der Waals surface area contributed by atoms with Crippen molar-refractivity contribution in [3.8, 4) is 0 Å². The van der Waals surface area contributed by atoms with E-state index >= 15 is 0 Å². The maximum absolute atomic E-state index is 12.5. The van der Waals surface area contributed by atoms with E-state index in [9.17, 15) is 4.79 Å². The summed E-state index contributed by atoms with van der Waals surface area (Å²) < 4.78 is 1.02. The number of oxime groups is 1. The van der Waals surface area contributed by atoms with Crippen molar-refractivity contribution >= 4 is 38.3 Å². The van der Waals surface area contributed by atoms with Crippen LogP contribution in [0.4, 0.5) is 0 Å². The summed E-state index contributed by atoms with van der Waals surface area (Å²) in [5.74, 6) is -0.148. The Hall–Kier alpha value is -2.66. The molecule has 1 heterocycles. The molecule has 1 N–H and O–H groups in total. The highest BCUT2D eigenvalue weighted by Crippen LogP contribution is 2.26. The van der Waals surface area contributed by atoms with Gasteiger partial charge >= 0.3 is 0 Å². The van der Waals surface area contributed by atoms with E-state index in [4.69, 9.17) is 4.84 Å². The van der Waals surface area contributed by atoms with Crippen molar-refractivity contribution in [3.05, 3.63) is 81.8 Å². The van der Waals surface area contributed by atoms with Crippen molar-refractivity contribution in [2.75, 3.05) is 0 Å². The molecule has 0 radical (unpaired) electrons. The standard InChI is InChI=1S/C22H19BrN2O2/c1-14-6-8-16(9-7-14)20-12-21(27-25-20)22(26)24-13-15-10-17-4-2-3-5-18(17)19(23)11-15/h2-11,21H,12-13H2,1H3,(H,24,26). The number of nitrogens with one attached hydrogen (secondary N) is 1. The molecule has 3 aromatic carbocycles. The predicted octanol–water partition coefficient (Wildman–Crippen LogP) is 4.72. The molecular formula is C22H19BrN2O2. The molecule has 3 aromatic rings. The quantitative estimate of drug-likeness (QED) is 0.660. The Bertz CT molecular complexity index is 1030. The van der Waals surface area contributed by atoms with E-state index in [1.54, 1.807) is 0 Å². The van der Waals surface area contributed by atoms with Crippen molar-refractivity contribution in [3.63, 3.8) is 0 Å². The minimum Gasteiger partial charge on any atom is -0.382 e. The third kappa shape index (κ3) is 3.88. The molecule has 1 aliphatic heterocycles. The van der Waals surface area contributed by atoms with Crippen LogP contribution in [-0.2, 0) is 16.2 Å². The zero-order valence-corrected chi connectivity index (χ0v) is 16.5. The minimum absolute atomic E-state index is 0.148. The molecule has 0 bridgehead atoms. The fraction of sp³-hybridized carbons (Fsp3) is 0.182. The van der Waals surface area contributed by atoms with Gasteiger partial charge in [-0.2, -0.15) is 0 Å². The molecule has 0 spiro atoms. The van der Waals surface area contributed by atoms with E-state index in [-0.39, 0.29) is 5.91 Å². The van der Waals surface area contributed by atoms with Crippen LogP contribution in [0.5, 0.6) is 0 Å². The van der Waals surface area contributed by atoms with E-state index in [1.807, 2.05) is 49.4 Å². The van der Waals surface area contributed by atoms with E-state index in [0.29, 0.717) is 13.0 Å². The van der Waals surface area contributed by atoms with Gasteiger partial charge in [0.05, 0.1) is 5.71 Å². The SMILES string of the molecule is Cc1ccc(C2=NOC(C(=O)NCc3cc(Br)c4ccccc4c3)C2)cc1. The molecule has 1 amide bonds. The summed E-state index contributed by atoms with van der Waals surface area (Å²) in [6.07, 6.45) is -0.0961. The molecule has 136 valence electrons. The van der Waals surface area contributed by atoms with Gasteiger partial charge in [0.1, 0.15) is 0 Å². The molecule has 0 aromatic heterocycles. The number of halogens is 1. The van der Waals surface area contributed by atoms with Gasteiger partial charge in [0.25, 0.3) is 5.91 Å². The van der Waals surface area contributed by atoms with Gasteiger partial charge in [-0.1, -0.05) is 75.2 Å². The van der Waals surface area contributed by atoms with E-state index in [0.717, 1.165) is 32.1 Å². The second kappa shape index (κ2) is 7.53. The molecule has 0 aliphatic carbocycles. The second-order valence-corrected chi connectivity index (χ2v) is 7.57.